The molecule has 11 nitrogen and oxygen atoms in total. The third-order valence-electron chi connectivity index (χ3n) is 5.04. The highest BCUT2D eigenvalue weighted by Crippen LogP contribution is 2.28. The molecule has 2 aromatic rings. The number of anilines is 3. The van der Waals surface area contributed by atoms with Crippen LogP contribution in [0.3, 0.4) is 0 Å². The molecule has 12 heteroatoms. The van der Waals surface area contributed by atoms with Crippen LogP contribution in [-0.4, -0.2) is 67.5 Å². The number of hydrogen-bond acceptors (Lipinski definition) is 8. The Balaban J connectivity index is 1.39. The van der Waals surface area contributed by atoms with Crippen LogP contribution in [0.25, 0.3) is 0 Å². The quantitative estimate of drug-likeness (QED) is 0.707. The summed E-state index contributed by atoms with van der Waals surface area (Å²) in [5.74, 6) is -0.991. The van der Waals surface area contributed by atoms with Crippen molar-refractivity contribution in [2.24, 2.45) is 0 Å². The lowest BCUT2D eigenvalue weighted by molar-refractivity contribution is -0.119. The van der Waals surface area contributed by atoms with Gasteiger partial charge in [-0.05, 0) is 18.2 Å². The molecule has 2 aliphatic rings. The van der Waals surface area contributed by atoms with Crippen LogP contribution in [0.4, 0.5) is 26.5 Å². The summed E-state index contributed by atoms with van der Waals surface area (Å²) < 4.78 is 24.6. The van der Waals surface area contributed by atoms with Gasteiger partial charge in [0.15, 0.2) is 0 Å². The number of carbonyl (C=O) groups is 2. The SMILES string of the molecule is CC(=O)NC[C@H]1CN(c2ccc(N3CCN(c4nc(=O)o[nH]4)CC3)c(F)c2)C(=O)O1. The summed E-state index contributed by atoms with van der Waals surface area (Å²) in [7, 11) is 0. The van der Waals surface area contributed by atoms with Crippen molar-refractivity contribution in [1.29, 1.82) is 0 Å². The molecular formula is C18H21FN6O5. The molecule has 0 unspecified atom stereocenters. The van der Waals surface area contributed by atoms with E-state index in [-0.39, 0.29) is 19.0 Å². The van der Waals surface area contributed by atoms with Crippen LogP contribution in [0.15, 0.2) is 27.5 Å². The van der Waals surface area contributed by atoms with Crippen LogP contribution < -0.4 is 25.8 Å². The van der Waals surface area contributed by atoms with E-state index in [9.17, 15) is 18.8 Å². The van der Waals surface area contributed by atoms with E-state index in [0.717, 1.165) is 0 Å². The maximum absolute atomic E-state index is 14.8. The monoisotopic (exact) mass is 420 g/mol. The van der Waals surface area contributed by atoms with E-state index in [4.69, 9.17) is 4.74 Å². The molecule has 2 N–H and O–H groups in total. The lowest BCUT2D eigenvalue weighted by Crippen LogP contribution is -2.47. The fourth-order valence-electron chi connectivity index (χ4n) is 3.53. The molecule has 0 bridgehead atoms. The minimum Gasteiger partial charge on any atom is -0.442 e. The molecule has 0 saturated carbocycles. The summed E-state index contributed by atoms with van der Waals surface area (Å²) in [6, 6.07) is 4.60. The molecule has 0 spiro atoms. The van der Waals surface area contributed by atoms with Crippen molar-refractivity contribution < 1.29 is 23.2 Å². The molecule has 1 aromatic heterocycles. The number of nitrogens with one attached hydrogen (secondary N) is 2. The molecule has 0 radical (unpaired) electrons. The first-order valence-electron chi connectivity index (χ1n) is 9.48. The Morgan fingerprint density at radius 1 is 1.27 bits per heavy atom. The number of H-pyrrole nitrogens is 1. The van der Waals surface area contributed by atoms with E-state index in [1.807, 2.05) is 9.80 Å². The van der Waals surface area contributed by atoms with Crippen LogP contribution in [0, 0.1) is 5.82 Å². The largest absolute Gasteiger partial charge is 0.461 e. The van der Waals surface area contributed by atoms with E-state index in [1.54, 1.807) is 12.1 Å². The summed E-state index contributed by atoms with van der Waals surface area (Å²) in [5.41, 5.74) is 0.819. The first-order chi connectivity index (χ1) is 14.4. The molecule has 1 atom stereocenters. The molecule has 2 fully saturated rings. The van der Waals surface area contributed by atoms with Crippen molar-refractivity contribution in [3.8, 4) is 0 Å². The number of carbonyl (C=O) groups excluding carboxylic acids is 2. The highest BCUT2D eigenvalue weighted by molar-refractivity contribution is 5.90. The van der Waals surface area contributed by atoms with Gasteiger partial charge in [0.25, 0.3) is 0 Å². The number of aromatic amines is 1. The van der Waals surface area contributed by atoms with E-state index in [2.05, 4.69) is 20.0 Å². The Hall–Kier alpha value is -3.57. The fraction of sp³-hybridized carbons (Fsp3) is 0.444. The molecule has 4 rings (SSSR count). The topological polar surface area (TPSA) is 124 Å². The maximum Gasteiger partial charge on any atom is 0.461 e. The van der Waals surface area contributed by atoms with Crippen molar-refractivity contribution in [2.45, 2.75) is 13.0 Å². The van der Waals surface area contributed by atoms with Gasteiger partial charge in [0.2, 0.25) is 11.9 Å². The molecule has 1 aromatic carbocycles. The van der Waals surface area contributed by atoms with Crippen LogP contribution in [-0.2, 0) is 9.53 Å². The summed E-state index contributed by atoms with van der Waals surface area (Å²) in [6.45, 7) is 3.93. The van der Waals surface area contributed by atoms with Gasteiger partial charge in [-0.1, -0.05) is 0 Å². The minimum absolute atomic E-state index is 0.208. The summed E-state index contributed by atoms with van der Waals surface area (Å²) in [5, 5.41) is 5.07. The van der Waals surface area contributed by atoms with E-state index >= 15 is 0 Å². The molecule has 160 valence electrons. The third-order valence-corrected chi connectivity index (χ3v) is 5.04. The second-order valence-electron chi connectivity index (χ2n) is 7.07. The average Bonchev–Trinajstić information content (AvgIpc) is 3.32. The molecule has 2 aliphatic heterocycles. The number of ether oxygens (including phenoxy) is 1. The number of aromatic nitrogens is 2. The van der Waals surface area contributed by atoms with Crippen molar-refractivity contribution in [2.75, 3.05) is 54.0 Å². The van der Waals surface area contributed by atoms with Crippen molar-refractivity contribution >= 4 is 29.3 Å². The highest BCUT2D eigenvalue weighted by atomic mass is 19.1. The molecule has 2 saturated heterocycles. The van der Waals surface area contributed by atoms with Crippen molar-refractivity contribution in [1.82, 2.24) is 15.5 Å². The Morgan fingerprint density at radius 2 is 2.00 bits per heavy atom. The lowest BCUT2D eigenvalue weighted by atomic mass is 10.2. The first kappa shape index (κ1) is 19.7. The summed E-state index contributed by atoms with van der Waals surface area (Å²) >= 11 is 0. The predicted octanol–water partition coefficient (Wildman–Crippen LogP) is 0.290. The normalized spacial score (nSPS) is 19.2. The zero-order valence-corrected chi connectivity index (χ0v) is 16.3. The minimum atomic E-state index is -0.686. The van der Waals surface area contributed by atoms with Gasteiger partial charge in [0.05, 0.1) is 24.5 Å². The number of nitrogens with zero attached hydrogens (tertiary/aromatic N) is 4. The van der Waals surface area contributed by atoms with Gasteiger partial charge in [-0.2, -0.15) is 5.16 Å². The van der Waals surface area contributed by atoms with Gasteiger partial charge in [-0.15, -0.1) is 4.98 Å². The molecule has 0 aliphatic carbocycles. The summed E-state index contributed by atoms with van der Waals surface area (Å²) in [4.78, 5) is 43.0. The molecule has 30 heavy (non-hydrogen) atoms. The Labute approximate surface area is 170 Å². The van der Waals surface area contributed by atoms with Gasteiger partial charge in [0.1, 0.15) is 11.9 Å². The number of hydrogen-bond donors (Lipinski definition) is 2. The lowest BCUT2D eigenvalue weighted by Gasteiger charge is -2.35. The number of amides is 2. The van der Waals surface area contributed by atoms with Crippen LogP contribution in [0.1, 0.15) is 6.92 Å². The number of cyclic esters (lactones) is 1. The molecular weight excluding hydrogens is 399 g/mol. The van der Waals surface area contributed by atoms with Gasteiger partial charge in [0, 0.05) is 33.1 Å². The van der Waals surface area contributed by atoms with Crippen LogP contribution in [0.5, 0.6) is 0 Å². The Bertz CT molecular complexity index is 999. The standard InChI is InChI=1S/C18H21FN6O5/c1-11(26)20-9-13-10-25(18(28)29-13)12-2-3-15(14(19)8-12)23-4-6-24(7-5-23)16-21-17(27)30-22-16/h2-3,8,13H,4-7,9-10H2,1H3,(H,20,26)(H,21,22,27)/t13-/m0/s1. The Morgan fingerprint density at radius 3 is 2.63 bits per heavy atom. The van der Waals surface area contributed by atoms with Crippen molar-refractivity contribution in [3.63, 3.8) is 0 Å². The Kier molecular flexibility index (Phi) is 5.29. The second kappa shape index (κ2) is 8.05. The van der Waals surface area contributed by atoms with Gasteiger partial charge >= 0.3 is 11.8 Å². The molecule has 3 heterocycles. The van der Waals surface area contributed by atoms with E-state index < -0.39 is 23.8 Å². The maximum atomic E-state index is 14.8. The number of benzene rings is 1. The second-order valence-corrected chi connectivity index (χ2v) is 7.07. The smallest absolute Gasteiger partial charge is 0.442 e. The van der Waals surface area contributed by atoms with Gasteiger partial charge < -0.3 is 24.4 Å². The number of piperazine rings is 1. The highest BCUT2D eigenvalue weighted by Gasteiger charge is 2.33. The average molecular weight is 420 g/mol. The number of halogens is 1. The first-order valence-corrected chi connectivity index (χ1v) is 9.48. The van der Waals surface area contributed by atoms with E-state index in [0.29, 0.717) is 43.5 Å². The van der Waals surface area contributed by atoms with Crippen LogP contribution >= 0.6 is 0 Å². The fourth-order valence-corrected chi connectivity index (χ4v) is 3.53. The van der Waals surface area contributed by atoms with Gasteiger partial charge in [-0.3, -0.25) is 9.69 Å². The zero-order chi connectivity index (χ0) is 21.3. The zero-order valence-electron chi connectivity index (χ0n) is 16.3. The molecule has 2 amide bonds. The van der Waals surface area contributed by atoms with Gasteiger partial charge in [-0.25, -0.2) is 14.0 Å². The number of rotatable bonds is 5. The predicted molar refractivity (Wildman–Crippen MR) is 104 cm³/mol. The van der Waals surface area contributed by atoms with Crippen molar-refractivity contribution in [3.05, 3.63) is 34.6 Å². The summed E-state index contributed by atoms with van der Waals surface area (Å²) in [6.07, 6.45) is -1.06. The van der Waals surface area contributed by atoms with E-state index in [1.165, 1.54) is 17.9 Å². The third kappa shape index (κ3) is 4.07. The van der Waals surface area contributed by atoms with Crippen LogP contribution in [0.2, 0.25) is 0 Å².